The van der Waals surface area contributed by atoms with Gasteiger partial charge >= 0.3 is 12.1 Å². The number of amides is 3. The van der Waals surface area contributed by atoms with E-state index >= 15 is 0 Å². The fraction of sp³-hybridized carbons (Fsp3) is 0.207. The Morgan fingerprint density at radius 2 is 1.79 bits per heavy atom. The van der Waals surface area contributed by atoms with Crippen LogP contribution in [0.2, 0.25) is 0 Å². The molecule has 4 aromatic rings. The minimum Gasteiger partial charge on any atom is -0.478 e. The lowest BCUT2D eigenvalue weighted by atomic mass is 10.1. The molecule has 4 rings (SSSR count). The van der Waals surface area contributed by atoms with Crippen molar-refractivity contribution in [2.24, 2.45) is 5.73 Å². The van der Waals surface area contributed by atoms with Crippen molar-refractivity contribution >= 4 is 35.4 Å². The normalized spacial score (nSPS) is 11.0. The van der Waals surface area contributed by atoms with Crippen LogP contribution in [0.5, 0.6) is 0 Å². The molecule has 1 aromatic carbocycles. The summed E-state index contributed by atoms with van der Waals surface area (Å²) in [6.07, 6.45) is 2.38. The van der Waals surface area contributed by atoms with E-state index in [4.69, 9.17) is 15.6 Å². The second-order valence-electron chi connectivity index (χ2n) is 10.0. The van der Waals surface area contributed by atoms with E-state index in [1.165, 1.54) is 52.3 Å². The molecule has 0 aliphatic heterocycles. The molecule has 216 valence electrons. The maximum Gasteiger partial charge on any atom is 0.415 e. The first-order valence-corrected chi connectivity index (χ1v) is 12.8. The first kappa shape index (κ1) is 29.4. The van der Waals surface area contributed by atoms with E-state index in [0.29, 0.717) is 29.3 Å². The predicted molar refractivity (Wildman–Crippen MR) is 154 cm³/mol. The Bertz CT molecular complexity index is 1660. The van der Waals surface area contributed by atoms with Gasteiger partial charge < -0.3 is 20.9 Å². The second-order valence-corrected chi connectivity index (χ2v) is 10.0. The standard InChI is InChI=1S/C29H29N7O6/c1-5-35(28(41)42-29(2,3)4)23-15-18(13-14-31-23)20-7-6-8-21(32-20)26(38)33-22-16-36(34-24(22)25(30)37)19-11-9-17(10-12-19)27(39)40/h6-16H,5H2,1-4H3,(H2,30,37)(H,33,38)(H,39,40). The van der Waals surface area contributed by atoms with E-state index in [2.05, 4.69) is 20.4 Å². The highest BCUT2D eigenvalue weighted by atomic mass is 16.6. The van der Waals surface area contributed by atoms with Crippen LogP contribution >= 0.6 is 0 Å². The number of ether oxygens (including phenoxy) is 1. The van der Waals surface area contributed by atoms with Crippen molar-refractivity contribution < 1.29 is 29.0 Å². The molecule has 3 amide bonds. The smallest absolute Gasteiger partial charge is 0.415 e. The molecular weight excluding hydrogens is 542 g/mol. The number of primary amides is 1. The van der Waals surface area contributed by atoms with E-state index in [0.717, 1.165) is 0 Å². The molecule has 0 saturated carbocycles. The summed E-state index contributed by atoms with van der Waals surface area (Å²) in [4.78, 5) is 59.2. The van der Waals surface area contributed by atoms with Crippen LogP contribution in [0, 0.1) is 0 Å². The summed E-state index contributed by atoms with van der Waals surface area (Å²) in [6.45, 7) is 7.45. The number of benzene rings is 1. The molecule has 3 aromatic heterocycles. The van der Waals surface area contributed by atoms with E-state index < -0.39 is 29.5 Å². The number of nitrogens with one attached hydrogen (secondary N) is 1. The van der Waals surface area contributed by atoms with Crippen LogP contribution in [0.25, 0.3) is 16.9 Å². The van der Waals surface area contributed by atoms with Gasteiger partial charge in [0.05, 0.1) is 28.8 Å². The third-order valence-corrected chi connectivity index (χ3v) is 5.80. The van der Waals surface area contributed by atoms with Crippen molar-refractivity contribution in [3.8, 4) is 16.9 Å². The van der Waals surface area contributed by atoms with Gasteiger partial charge in [0.15, 0.2) is 5.69 Å². The number of rotatable bonds is 8. The van der Waals surface area contributed by atoms with E-state index in [9.17, 15) is 19.2 Å². The fourth-order valence-corrected chi connectivity index (χ4v) is 3.87. The van der Waals surface area contributed by atoms with Crippen molar-refractivity contribution in [1.82, 2.24) is 19.7 Å². The van der Waals surface area contributed by atoms with Crippen LogP contribution in [0.1, 0.15) is 59.0 Å². The molecule has 0 saturated heterocycles. The number of carbonyl (C=O) groups is 4. The minimum absolute atomic E-state index is 0.0410. The molecule has 3 heterocycles. The molecule has 0 aliphatic rings. The summed E-state index contributed by atoms with van der Waals surface area (Å²) < 4.78 is 6.78. The number of nitrogens with two attached hydrogens (primary N) is 1. The van der Waals surface area contributed by atoms with Gasteiger partial charge in [0.2, 0.25) is 0 Å². The molecule has 0 spiro atoms. The fourth-order valence-electron chi connectivity index (χ4n) is 3.87. The minimum atomic E-state index is -1.09. The number of hydrogen-bond acceptors (Lipinski definition) is 8. The molecular formula is C29H29N7O6. The molecule has 0 atom stereocenters. The summed E-state index contributed by atoms with van der Waals surface area (Å²) in [5.41, 5.74) is 6.27. The third-order valence-electron chi connectivity index (χ3n) is 5.80. The summed E-state index contributed by atoms with van der Waals surface area (Å²) in [6, 6.07) is 14.0. The lowest BCUT2D eigenvalue weighted by Crippen LogP contribution is -2.37. The van der Waals surface area contributed by atoms with Crippen molar-refractivity contribution in [2.75, 3.05) is 16.8 Å². The zero-order valence-corrected chi connectivity index (χ0v) is 23.4. The van der Waals surface area contributed by atoms with Crippen molar-refractivity contribution in [3.63, 3.8) is 0 Å². The maximum atomic E-state index is 13.2. The summed E-state index contributed by atoms with van der Waals surface area (Å²) in [7, 11) is 0. The molecule has 0 fully saturated rings. The number of pyridine rings is 2. The van der Waals surface area contributed by atoms with Gasteiger partial charge in [0.1, 0.15) is 17.1 Å². The summed E-state index contributed by atoms with van der Waals surface area (Å²) in [5, 5.41) is 15.9. The average molecular weight is 572 g/mol. The molecule has 0 radical (unpaired) electrons. The van der Waals surface area contributed by atoms with Crippen LogP contribution in [0.4, 0.5) is 16.3 Å². The van der Waals surface area contributed by atoms with Gasteiger partial charge in [-0.25, -0.2) is 24.2 Å². The Kier molecular flexibility index (Phi) is 8.31. The summed E-state index contributed by atoms with van der Waals surface area (Å²) >= 11 is 0. The molecule has 13 heteroatoms. The quantitative estimate of drug-likeness (QED) is 0.280. The monoisotopic (exact) mass is 571 g/mol. The van der Waals surface area contributed by atoms with Gasteiger partial charge in [0.25, 0.3) is 11.8 Å². The van der Waals surface area contributed by atoms with Gasteiger partial charge in [-0.1, -0.05) is 6.07 Å². The Morgan fingerprint density at radius 3 is 2.40 bits per heavy atom. The van der Waals surface area contributed by atoms with Crippen molar-refractivity contribution in [3.05, 3.63) is 83.9 Å². The summed E-state index contributed by atoms with van der Waals surface area (Å²) in [5.74, 6) is -2.23. The third kappa shape index (κ3) is 6.75. The average Bonchev–Trinajstić information content (AvgIpc) is 3.37. The Balaban J connectivity index is 1.58. The number of hydrogen-bond donors (Lipinski definition) is 3. The molecule has 0 unspecified atom stereocenters. The number of carboxylic acid groups (broad SMARTS) is 1. The largest absolute Gasteiger partial charge is 0.478 e. The maximum absolute atomic E-state index is 13.2. The second kappa shape index (κ2) is 11.9. The van der Waals surface area contributed by atoms with Gasteiger partial charge in [0, 0.05) is 18.3 Å². The molecule has 4 N–H and O–H groups in total. The topological polar surface area (TPSA) is 183 Å². The Hall–Kier alpha value is -5.59. The zero-order valence-electron chi connectivity index (χ0n) is 23.4. The predicted octanol–water partition coefficient (Wildman–Crippen LogP) is 4.14. The van der Waals surface area contributed by atoms with Gasteiger partial charge in [-0.3, -0.25) is 14.5 Å². The van der Waals surface area contributed by atoms with E-state index in [-0.39, 0.29) is 22.6 Å². The lowest BCUT2D eigenvalue weighted by molar-refractivity contribution is 0.0580. The number of nitrogens with zero attached hydrogens (tertiary/aromatic N) is 5. The van der Waals surface area contributed by atoms with Crippen molar-refractivity contribution in [2.45, 2.75) is 33.3 Å². The lowest BCUT2D eigenvalue weighted by Gasteiger charge is -2.26. The van der Waals surface area contributed by atoms with Crippen LogP contribution in [0.15, 0.2) is 67.0 Å². The molecule has 13 nitrogen and oxygen atoms in total. The zero-order chi connectivity index (χ0) is 30.6. The Labute approximate surface area is 241 Å². The van der Waals surface area contributed by atoms with Crippen molar-refractivity contribution in [1.29, 1.82) is 0 Å². The van der Waals surface area contributed by atoms with E-state index in [1.54, 1.807) is 52.0 Å². The highest BCUT2D eigenvalue weighted by Gasteiger charge is 2.24. The van der Waals surface area contributed by atoms with Gasteiger partial charge in [-0.05, 0) is 76.2 Å². The molecule has 0 aliphatic carbocycles. The first-order chi connectivity index (χ1) is 19.9. The van der Waals surface area contributed by atoms with Gasteiger partial charge in [-0.15, -0.1) is 0 Å². The van der Waals surface area contributed by atoms with Crippen LogP contribution in [-0.4, -0.2) is 60.9 Å². The van der Waals surface area contributed by atoms with E-state index in [1.807, 2.05) is 0 Å². The van der Waals surface area contributed by atoms with Crippen LogP contribution in [0.3, 0.4) is 0 Å². The first-order valence-electron chi connectivity index (χ1n) is 12.8. The number of carbonyl (C=O) groups excluding carboxylic acids is 3. The highest BCUT2D eigenvalue weighted by molar-refractivity contribution is 6.07. The molecule has 42 heavy (non-hydrogen) atoms. The highest BCUT2D eigenvalue weighted by Crippen LogP contribution is 2.24. The number of aromatic nitrogens is 4. The van der Waals surface area contributed by atoms with Crippen LogP contribution < -0.4 is 16.0 Å². The SMILES string of the molecule is CCN(C(=O)OC(C)(C)C)c1cc(-c2cccc(C(=O)Nc3cn(-c4ccc(C(=O)O)cc4)nc3C(N)=O)n2)ccn1. The molecule has 0 bridgehead atoms. The number of aromatic carboxylic acids is 1. The Morgan fingerprint density at radius 1 is 1.07 bits per heavy atom. The number of anilines is 2. The van der Waals surface area contributed by atoms with Crippen LogP contribution in [-0.2, 0) is 4.74 Å². The van der Waals surface area contributed by atoms with Gasteiger partial charge in [-0.2, -0.15) is 5.10 Å². The number of carboxylic acids is 1.